The Balaban J connectivity index is 2.46. The second kappa shape index (κ2) is 7.87. The van der Waals surface area contributed by atoms with Crippen molar-refractivity contribution in [3.63, 3.8) is 0 Å². The summed E-state index contributed by atoms with van der Waals surface area (Å²) in [6, 6.07) is 18.9. The van der Waals surface area contributed by atoms with Gasteiger partial charge in [-0.25, -0.2) is 0 Å². The van der Waals surface area contributed by atoms with Gasteiger partial charge in [0.25, 0.3) is 0 Å². The SMILES string of the molecule is CC(C)C[C@H](NP(=S)(c1ccccc1)c1ccccc1)C(=O)O. The van der Waals surface area contributed by atoms with E-state index < -0.39 is 18.2 Å². The van der Waals surface area contributed by atoms with Gasteiger partial charge in [0.2, 0.25) is 0 Å². The van der Waals surface area contributed by atoms with Crippen molar-refractivity contribution in [2.75, 3.05) is 0 Å². The van der Waals surface area contributed by atoms with Gasteiger partial charge in [0.15, 0.2) is 0 Å². The van der Waals surface area contributed by atoms with Crippen LogP contribution in [0.4, 0.5) is 0 Å². The van der Waals surface area contributed by atoms with Gasteiger partial charge in [-0.1, -0.05) is 86.3 Å². The Kier molecular flexibility index (Phi) is 6.11. The molecule has 2 rings (SSSR count). The summed E-state index contributed by atoms with van der Waals surface area (Å²) < 4.78 is 0. The van der Waals surface area contributed by atoms with Crippen LogP contribution in [0.3, 0.4) is 0 Å². The Morgan fingerprint density at radius 1 is 1.04 bits per heavy atom. The van der Waals surface area contributed by atoms with Gasteiger partial charge in [0.1, 0.15) is 6.04 Å². The molecule has 0 saturated carbocycles. The van der Waals surface area contributed by atoms with Gasteiger partial charge in [-0.3, -0.25) is 9.88 Å². The molecule has 0 unspecified atom stereocenters. The average molecular weight is 347 g/mol. The molecule has 0 aromatic heterocycles. The number of hydrogen-bond acceptors (Lipinski definition) is 2. The maximum absolute atomic E-state index is 11.7. The lowest BCUT2D eigenvalue weighted by molar-refractivity contribution is -0.139. The molecule has 0 saturated heterocycles. The molecule has 0 aliphatic carbocycles. The molecule has 2 N–H and O–H groups in total. The van der Waals surface area contributed by atoms with Crippen LogP contribution in [0.2, 0.25) is 0 Å². The molecule has 0 radical (unpaired) electrons. The number of rotatable bonds is 7. The van der Waals surface area contributed by atoms with Gasteiger partial charge in [-0.2, -0.15) is 0 Å². The van der Waals surface area contributed by atoms with Gasteiger partial charge in [-0.15, -0.1) is 0 Å². The predicted molar refractivity (Wildman–Crippen MR) is 100 cm³/mol. The first-order valence-electron chi connectivity index (χ1n) is 7.65. The van der Waals surface area contributed by atoms with Crippen LogP contribution in [-0.4, -0.2) is 17.1 Å². The van der Waals surface area contributed by atoms with Crippen LogP contribution < -0.4 is 15.7 Å². The Bertz CT molecular complexity index is 645. The molecule has 1 atom stereocenters. The van der Waals surface area contributed by atoms with Crippen molar-refractivity contribution in [1.29, 1.82) is 0 Å². The summed E-state index contributed by atoms with van der Waals surface area (Å²) in [6.07, 6.45) is -1.84. The van der Waals surface area contributed by atoms with Gasteiger partial charge in [0.05, 0.1) is 6.19 Å². The van der Waals surface area contributed by atoms with Crippen molar-refractivity contribution in [3.8, 4) is 0 Å². The van der Waals surface area contributed by atoms with Gasteiger partial charge < -0.3 is 5.11 Å². The zero-order chi connectivity index (χ0) is 16.9. The summed E-state index contributed by atoms with van der Waals surface area (Å²) in [7, 11) is 0. The van der Waals surface area contributed by atoms with E-state index in [2.05, 4.69) is 5.09 Å². The quantitative estimate of drug-likeness (QED) is 0.756. The van der Waals surface area contributed by atoms with E-state index in [1.54, 1.807) is 0 Å². The van der Waals surface area contributed by atoms with Crippen LogP contribution in [0.5, 0.6) is 0 Å². The van der Waals surface area contributed by atoms with Crippen LogP contribution in [0.25, 0.3) is 0 Å². The van der Waals surface area contributed by atoms with Crippen molar-refractivity contribution in [2.24, 2.45) is 5.92 Å². The molecule has 0 aliphatic heterocycles. The van der Waals surface area contributed by atoms with E-state index in [-0.39, 0.29) is 5.92 Å². The lowest BCUT2D eigenvalue weighted by atomic mass is 10.1. The monoisotopic (exact) mass is 347 g/mol. The first kappa shape index (κ1) is 17.9. The molecule has 0 amide bonds. The van der Waals surface area contributed by atoms with Crippen molar-refractivity contribution < 1.29 is 9.90 Å². The molecule has 122 valence electrons. The fourth-order valence-corrected chi connectivity index (χ4v) is 6.02. The van der Waals surface area contributed by atoms with E-state index in [0.29, 0.717) is 6.42 Å². The fraction of sp³-hybridized carbons (Fsp3) is 0.278. The number of hydrogen-bond donors (Lipinski definition) is 2. The Morgan fingerprint density at radius 3 is 1.83 bits per heavy atom. The first-order valence-corrected chi connectivity index (χ1v) is 10.5. The lowest BCUT2D eigenvalue weighted by Gasteiger charge is -2.29. The summed E-state index contributed by atoms with van der Waals surface area (Å²) >= 11 is 6.02. The molecule has 23 heavy (non-hydrogen) atoms. The molecule has 3 nitrogen and oxygen atoms in total. The predicted octanol–water partition coefficient (Wildman–Crippen LogP) is 3.12. The van der Waals surface area contributed by atoms with Crippen LogP contribution in [0.15, 0.2) is 60.7 Å². The summed E-state index contributed by atoms with van der Waals surface area (Å²) in [6.45, 7) is 4.04. The standard InChI is InChI=1S/C18H22NO2PS/c1-14(2)13-17(18(20)21)19-22(23,15-9-5-3-6-10-15)16-11-7-4-8-12-16/h3-12,14,17H,13H2,1-2H3,(H,19,23)(H,20,21)/t17-/m0/s1. The molecule has 5 heteroatoms. The van der Waals surface area contributed by atoms with Crippen molar-refractivity contribution >= 4 is 34.6 Å². The number of carboxylic acid groups (broad SMARTS) is 1. The Hall–Kier alpha value is -1.48. The van der Waals surface area contributed by atoms with Crippen molar-refractivity contribution in [3.05, 3.63) is 60.7 Å². The van der Waals surface area contributed by atoms with Crippen LogP contribution in [0, 0.1) is 5.92 Å². The Morgan fingerprint density at radius 2 is 1.48 bits per heavy atom. The first-order chi connectivity index (χ1) is 10.9. The molecule has 0 heterocycles. The van der Waals surface area contributed by atoms with Gasteiger partial charge in [0, 0.05) is 10.6 Å². The smallest absolute Gasteiger partial charge is 0.321 e. The highest BCUT2D eigenvalue weighted by atomic mass is 32.4. The molecule has 0 aliphatic rings. The molecule has 0 spiro atoms. The topological polar surface area (TPSA) is 49.3 Å². The number of nitrogens with one attached hydrogen (secondary N) is 1. The summed E-state index contributed by atoms with van der Waals surface area (Å²) in [5.41, 5.74) is 0. The van der Waals surface area contributed by atoms with E-state index in [1.165, 1.54) is 0 Å². The zero-order valence-electron chi connectivity index (χ0n) is 13.3. The van der Waals surface area contributed by atoms with Crippen LogP contribution in [-0.2, 0) is 16.6 Å². The molecular weight excluding hydrogens is 325 g/mol. The van der Waals surface area contributed by atoms with Crippen molar-refractivity contribution in [1.82, 2.24) is 5.09 Å². The molecule has 0 fully saturated rings. The average Bonchev–Trinajstić information content (AvgIpc) is 2.55. The highest BCUT2D eigenvalue weighted by Crippen LogP contribution is 2.40. The minimum absolute atomic E-state index is 0.276. The third kappa shape index (κ3) is 4.51. The van der Waals surface area contributed by atoms with Gasteiger partial charge in [-0.05, 0) is 12.3 Å². The highest BCUT2D eigenvalue weighted by molar-refractivity contribution is 8.20. The second-order valence-electron chi connectivity index (χ2n) is 5.93. The largest absolute Gasteiger partial charge is 0.480 e. The normalized spacial score (nSPS) is 13.0. The maximum Gasteiger partial charge on any atom is 0.321 e. The summed E-state index contributed by atoms with van der Waals surface area (Å²) in [5.74, 6) is -0.571. The summed E-state index contributed by atoms with van der Waals surface area (Å²) in [5, 5.41) is 14.9. The van der Waals surface area contributed by atoms with E-state index in [0.717, 1.165) is 10.6 Å². The van der Waals surface area contributed by atoms with Crippen LogP contribution >= 0.6 is 6.19 Å². The van der Waals surface area contributed by atoms with E-state index in [1.807, 2.05) is 74.5 Å². The molecular formula is C18H22NO2PS. The fourth-order valence-electron chi connectivity index (χ4n) is 2.47. The third-order valence-corrected chi connectivity index (χ3v) is 7.89. The van der Waals surface area contributed by atoms with E-state index in [4.69, 9.17) is 11.8 Å². The van der Waals surface area contributed by atoms with Crippen LogP contribution in [0.1, 0.15) is 20.3 Å². The third-order valence-electron chi connectivity index (χ3n) is 3.58. The number of aliphatic carboxylic acids is 1. The van der Waals surface area contributed by atoms with Gasteiger partial charge >= 0.3 is 5.97 Å². The van der Waals surface area contributed by atoms with E-state index >= 15 is 0 Å². The van der Waals surface area contributed by atoms with Crippen molar-refractivity contribution in [2.45, 2.75) is 26.3 Å². The minimum Gasteiger partial charge on any atom is -0.480 e. The number of carbonyl (C=O) groups is 1. The zero-order valence-corrected chi connectivity index (χ0v) is 15.1. The highest BCUT2D eigenvalue weighted by Gasteiger charge is 2.29. The molecule has 0 bridgehead atoms. The lowest BCUT2D eigenvalue weighted by Crippen LogP contribution is -2.40. The summed E-state index contributed by atoms with van der Waals surface area (Å²) in [4.78, 5) is 11.7. The second-order valence-corrected chi connectivity index (χ2v) is 10.1. The van der Waals surface area contributed by atoms with E-state index in [9.17, 15) is 9.90 Å². The molecule has 2 aromatic carbocycles. The number of benzene rings is 2. The minimum atomic E-state index is -2.39. The number of carboxylic acids is 1. The Labute approximate surface area is 142 Å². The maximum atomic E-state index is 11.7. The molecule has 2 aromatic rings.